The molecule has 0 fully saturated rings. The number of ether oxygens (including phenoxy) is 3. The topological polar surface area (TPSA) is 129 Å². The number of fused-ring (bicyclic) bond motifs is 2. The minimum atomic E-state index is -0.673. The summed E-state index contributed by atoms with van der Waals surface area (Å²) in [7, 11) is 3.17. The van der Waals surface area contributed by atoms with Crippen molar-refractivity contribution in [3.8, 4) is 11.5 Å². The van der Waals surface area contributed by atoms with E-state index in [4.69, 9.17) is 14.2 Å². The van der Waals surface area contributed by atoms with E-state index in [1.165, 1.54) is 34.4 Å². The molecule has 204 valence electrons. The Balaban J connectivity index is 1.14. The van der Waals surface area contributed by atoms with Gasteiger partial charge in [-0.05, 0) is 48.5 Å². The van der Waals surface area contributed by atoms with Crippen LogP contribution in [0.2, 0.25) is 0 Å². The van der Waals surface area contributed by atoms with E-state index in [9.17, 15) is 14.4 Å². The lowest BCUT2D eigenvalue weighted by Crippen LogP contribution is -2.21. The zero-order chi connectivity index (χ0) is 28.1. The molecule has 2 heterocycles. The van der Waals surface area contributed by atoms with Gasteiger partial charge in [-0.15, -0.1) is 11.8 Å². The van der Waals surface area contributed by atoms with Crippen LogP contribution in [-0.2, 0) is 14.3 Å². The molecule has 0 radical (unpaired) electrons. The van der Waals surface area contributed by atoms with Gasteiger partial charge >= 0.3 is 5.97 Å². The van der Waals surface area contributed by atoms with Gasteiger partial charge in [-0.1, -0.05) is 34.8 Å². The third-order valence-electron chi connectivity index (χ3n) is 5.48. The molecule has 0 unspecified atom stereocenters. The normalized spacial score (nSPS) is 10.8. The minimum absolute atomic E-state index is 0.0480. The van der Waals surface area contributed by atoms with E-state index < -0.39 is 18.5 Å². The average Bonchev–Trinajstić information content (AvgIpc) is 3.56. The zero-order valence-electron chi connectivity index (χ0n) is 21.3. The fourth-order valence-electron chi connectivity index (χ4n) is 3.59. The molecule has 0 atom stereocenters. The van der Waals surface area contributed by atoms with Crippen molar-refractivity contribution in [2.24, 2.45) is 0 Å². The largest absolute Gasteiger partial charge is 0.497 e. The summed E-state index contributed by atoms with van der Waals surface area (Å²) in [6.45, 7) is -0.486. The monoisotopic (exact) mass is 594 g/mol. The zero-order valence-corrected chi connectivity index (χ0v) is 23.7. The SMILES string of the molecule is COc1ccc2nc(NC(=O)COC(=O)c3ccccc3SCC(=O)Nc3nc4ccc(OC)cc4s3)sc2c1. The van der Waals surface area contributed by atoms with Crippen molar-refractivity contribution < 1.29 is 28.6 Å². The van der Waals surface area contributed by atoms with Gasteiger partial charge in [0.2, 0.25) is 5.91 Å². The molecule has 10 nitrogen and oxygen atoms in total. The van der Waals surface area contributed by atoms with E-state index in [2.05, 4.69) is 20.6 Å². The van der Waals surface area contributed by atoms with Gasteiger partial charge < -0.3 is 19.5 Å². The summed E-state index contributed by atoms with van der Waals surface area (Å²) in [6, 6.07) is 17.6. The smallest absolute Gasteiger partial charge is 0.339 e. The molecule has 0 bridgehead atoms. The molecule has 3 aromatic carbocycles. The summed E-state index contributed by atoms with van der Waals surface area (Å²) in [6.07, 6.45) is 0. The number of amides is 2. The van der Waals surface area contributed by atoms with Crippen molar-refractivity contribution in [3.05, 3.63) is 66.2 Å². The van der Waals surface area contributed by atoms with E-state index in [1.54, 1.807) is 50.6 Å². The minimum Gasteiger partial charge on any atom is -0.497 e. The van der Waals surface area contributed by atoms with Crippen LogP contribution in [0, 0.1) is 0 Å². The number of anilines is 2. The van der Waals surface area contributed by atoms with Crippen LogP contribution in [0.25, 0.3) is 20.4 Å². The number of thiazole rings is 2. The number of rotatable bonds is 10. The Hall–Kier alpha value is -4.20. The van der Waals surface area contributed by atoms with E-state index in [0.717, 1.165) is 20.4 Å². The van der Waals surface area contributed by atoms with Crippen LogP contribution in [0.1, 0.15) is 10.4 Å². The maximum atomic E-state index is 12.8. The predicted molar refractivity (Wildman–Crippen MR) is 157 cm³/mol. The lowest BCUT2D eigenvalue weighted by Gasteiger charge is -2.09. The number of thioether (sulfide) groups is 1. The Bertz CT molecular complexity index is 1720. The highest BCUT2D eigenvalue weighted by Crippen LogP contribution is 2.31. The van der Waals surface area contributed by atoms with Gasteiger partial charge in [-0.2, -0.15) is 0 Å². The number of carbonyl (C=O) groups is 3. The fraction of sp³-hybridized carbons (Fsp3) is 0.148. The van der Waals surface area contributed by atoms with Crippen molar-refractivity contribution in [1.29, 1.82) is 0 Å². The lowest BCUT2D eigenvalue weighted by atomic mass is 10.2. The standard InChI is InChI=1S/C27H22N4O6S3/c1-35-15-7-9-18-21(11-15)39-26(28-18)30-23(32)13-37-25(34)17-5-3-4-6-20(17)38-14-24(33)31-27-29-19-10-8-16(36-2)12-22(19)40-27/h3-12H,13-14H2,1-2H3,(H,28,30,32)(H,29,31,33). The molecule has 2 amide bonds. The van der Waals surface area contributed by atoms with Gasteiger partial charge in [0.25, 0.3) is 5.91 Å². The Labute approximate surface area is 240 Å². The molecule has 0 spiro atoms. The van der Waals surface area contributed by atoms with Crippen molar-refractivity contribution in [2.75, 3.05) is 37.2 Å². The summed E-state index contributed by atoms with van der Waals surface area (Å²) >= 11 is 3.81. The number of methoxy groups -OCH3 is 2. The van der Waals surface area contributed by atoms with Crippen LogP contribution in [0.15, 0.2) is 65.6 Å². The van der Waals surface area contributed by atoms with Crippen LogP contribution in [0.5, 0.6) is 11.5 Å². The summed E-state index contributed by atoms with van der Waals surface area (Å²) in [5.41, 5.74) is 1.73. The van der Waals surface area contributed by atoms with Crippen molar-refractivity contribution in [3.63, 3.8) is 0 Å². The van der Waals surface area contributed by atoms with Gasteiger partial charge in [0.1, 0.15) is 11.5 Å². The lowest BCUT2D eigenvalue weighted by molar-refractivity contribution is -0.119. The van der Waals surface area contributed by atoms with Crippen LogP contribution >= 0.6 is 34.4 Å². The number of hydrogen-bond donors (Lipinski definition) is 2. The molecule has 0 aliphatic carbocycles. The van der Waals surface area contributed by atoms with Gasteiger partial charge in [-0.3, -0.25) is 14.9 Å². The molecule has 2 N–H and O–H groups in total. The molecule has 0 aliphatic rings. The van der Waals surface area contributed by atoms with E-state index >= 15 is 0 Å². The first-order valence-corrected chi connectivity index (χ1v) is 14.4. The molecule has 40 heavy (non-hydrogen) atoms. The van der Waals surface area contributed by atoms with Gasteiger partial charge in [0, 0.05) is 4.90 Å². The molecule has 0 saturated carbocycles. The number of nitrogens with zero attached hydrogens (tertiary/aromatic N) is 2. The molecule has 5 rings (SSSR count). The third kappa shape index (κ3) is 6.50. The molecular formula is C27H22N4O6S3. The highest BCUT2D eigenvalue weighted by molar-refractivity contribution is 8.00. The van der Waals surface area contributed by atoms with Crippen molar-refractivity contribution in [2.45, 2.75) is 4.90 Å². The first-order valence-electron chi connectivity index (χ1n) is 11.8. The molecule has 5 aromatic rings. The summed E-state index contributed by atoms with van der Waals surface area (Å²) < 4.78 is 17.4. The fourth-order valence-corrected chi connectivity index (χ4v) is 6.26. The van der Waals surface area contributed by atoms with Crippen molar-refractivity contribution in [1.82, 2.24) is 9.97 Å². The summed E-state index contributed by atoms with van der Waals surface area (Å²) in [4.78, 5) is 47.1. The Kier molecular flexibility index (Phi) is 8.43. The summed E-state index contributed by atoms with van der Waals surface area (Å²) in [5.74, 6) is -0.0119. The quantitative estimate of drug-likeness (QED) is 0.160. The van der Waals surface area contributed by atoms with Gasteiger partial charge in [0.15, 0.2) is 16.9 Å². The number of hydrogen-bond acceptors (Lipinski definition) is 11. The van der Waals surface area contributed by atoms with Crippen LogP contribution < -0.4 is 20.1 Å². The Morgan fingerprint density at radius 1 is 0.800 bits per heavy atom. The molecule has 0 saturated heterocycles. The predicted octanol–water partition coefficient (Wildman–Crippen LogP) is 5.45. The van der Waals surface area contributed by atoms with Crippen LogP contribution in [-0.4, -0.2) is 54.3 Å². The number of esters is 1. The van der Waals surface area contributed by atoms with Gasteiger partial charge in [0.05, 0.1) is 46.0 Å². The van der Waals surface area contributed by atoms with Crippen LogP contribution in [0.3, 0.4) is 0 Å². The molecule has 2 aromatic heterocycles. The second-order valence-corrected chi connectivity index (χ2v) is 11.2. The maximum Gasteiger partial charge on any atom is 0.339 e. The highest BCUT2D eigenvalue weighted by atomic mass is 32.2. The number of aromatic nitrogens is 2. The van der Waals surface area contributed by atoms with Crippen LogP contribution in [0.4, 0.5) is 10.3 Å². The number of benzene rings is 3. The van der Waals surface area contributed by atoms with Gasteiger partial charge in [-0.25, -0.2) is 14.8 Å². The molecule has 13 heteroatoms. The number of nitrogens with one attached hydrogen (secondary N) is 2. The maximum absolute atomic E-state index is 12.8. The van der Waals surface area contributed by atoms with E-state index in [0.29, 0.717) is 26.7 Å². The van der Waals surface area contributed by atoms with E-state index in [-0.39, 0.29) is 17.2 Å². The summed E-state index contributed by atoms with van der Waals surface area (Å²) in [5, 5.41) is 6.30. The third-order valence-corrected chi connectivity index (χ3v) is 8.42. The molecule has 0 aliphatic heterocycles. The van der Waals surface area contributed by atoms with E-state index in [1.807, 2.05) is 24.3 Å². The second kappa shape index (κ2) is 12.3. The first kappa shape index (κ1) is 27.4. The average molecular weight is 595 g/mol. The number of carbonyl (C=O) groups excluding carboxylic acids is 3. The first-order chi connectivity index (χ1) is 19.4. The Morgan fingerprint density at radius 3 is 1.98 bits per heavy atom. The highest BCUT2D eigenvalue weighted by Gasteiger charge is 2.17. The molecular weight excluding hydrogens is 573 g/mol. The second-order valence-electron chi connectivity index (χ2n) is 8.16. The van der Waals surface area contributed by atoms with Crippen molar-refractivity contribution >= 4 is 82.9 Å². The Morgan fingerprint density at radius 2 is 1.38 bits per heavy atom.